The van der Waals surface area contributed by atoms with Crippen LogP contribution >= 0.6 is 0 Å². The van der Waals surface area contributed by atoms with Crippen molar-refractivity contribution in [3.63, 3.8) is 0 Å². The van der Waals surface area contributed by atoms with Gasteiger partial charge in [-0.2, -0.15) is 0 Å². The van der Waals surface area contributed by atoms with E-state index in [4.69, 9.17) is 4.74 Å². The van der Waals surface area contributed by atoms with Crippen molar-refractivity contribution in [3.8, 4) is 0 Å². The van der Waals surface area contributed by atoms with E-state index in [1.807, 2.05) is 37.4 Å². The van der Waals surface area contributed by atoms with Crippen LogP contribution in [0.1, 0.15) is 13.8 Å². The summed E-state index contributed by atoms with van der Waals surface area (Å²) in [5.41, 5.74) is 1.08. The largest absolute Gasteiger partial charge is 0.497 e. The molecule has 0 heterocycles. The highest BCUT2D eigenvalue weighted by atomic mass is 16.5. The number of allylic oxidation sites excluding steroid dienone is 6. The summed E-state index contributed by atoms with van der Waals surface area (Å²) < 4.78 is 5.20. The van der Waals surface area contributed by atoms with Crippen molar-refractivity contribution in [2.45, 2.75) is 19.9 Å². The first-order valence-electron chi connectivity index (χ1n) is 6.14. The average Bonchev–Trinajstić information content (AvgIpc) is 2.40. The van der Waals surface area contributed by atoms with Crippen molar-refractivity contribution < 1.29 is 4.74 Å². The fraction of sp³-hybridized carbons (Fsp3) is 0.312. The van der Waals surface area contributed by atoms with E-state index in [0.717, 1.165) is 11.3 Å². The number of hydrogen-bond donors (Lipinski definition) is 0. The molecule has 2 heteroatoms. The minimum Gasteiger partial charge on any atom is -0.497 e. The Labute approximate surface area is 110 Å². The van der Waals surface area contributed by atoms with E-state index in [2.05, 4.69) is 30.6 Å². The Morgan fingerprint density at radius 2 is 2.28 bits per heavy atom. The molecule has 96 valence electrons. The van der Waals surface area contributed by atoms with Crippen LogP contribution in [0.4, 0.5) is 0 Å². The van der Waals surface area contributed by atoms with E-state index in [9.17, 15) is 0 Å². The first-order chi connectivity index (χ1) is 8.71. The van der Waals surface area contributed by atoms with Crippen LogP contribution in [0.15, 0.2) is 65.4 Å². The smallest absolute Gasteiger partial charge is 0.115 e. The predicted molar refractivity (Wildman–Crippen MR) is 78.8 cm³/mol. The molecule has 1 aliphatic carbocycles. The van der Waals surface area contributed by atoms with E-state index in [-0.39, 0.29) is 6.04 Å². The zero-order valence-electron chi connectivity index (χ0n) is 11.3. The Balaban J connectivity index is 2.69. The molecular weight excluding hydrogens is 222 g/mol. The monoisotopic (exact) mass is 243 g/mol. The molecule has 0 radical (unpaired) electrons. The lowest BCUT2D eigenvalue weighted by Gasteiger charge is -2.18. The third kappa shape index (κ3) is 4.21. The third-order valence-corrected chi connectivity index (χ3v) is 2.81. The first kappa shape index (κ1) is 14.2. The van der Waals surface area contributed by atoms with E-state index >= 15 is 0 Å². The van der Waals surface area contributed by atoms with Crippen LogP contribution in [-0.2, 0) is 4.74 Å². The summed E-state index contributed by atoms with van der Waals surface area (Å²) in [6, 6.07) is 0.177. The molecule has 2 atom stereocenters. The second kappa shape index (κ2) is 7.49. The molecule has 0 aromatic rings. The Morgan fingerprint density at radius 1 is 1.50 bits per heavy atom. The molecule has 2 nitrogen and oxygen atoms in total. The van der Waals surface area contributed by atoms with Gasteiger partial charge < -0.3 is 4.74 Å². The summed E-state index contributed by atoms with van der Waals surface area (Å²) in [4.78, 5) is 4.59. The van der Waals surface area contributed by atoms with Gasteiger partial charge in [0.05, 0.1) is 13.2 Å². The molecule has 18 heavy (non-hydrogen) atoms. The topological polar surface area (TPSA) is 21.6 Å². The van der Waals surface area contributed by atoms with Crippen molar-refractivity contribution in [2.24, 2.45) is 10.9 Å². The number of rotatable bonds is 5. The molecule has 0 aromatic carbocycles. The van der Waals surface area contributed by atoms with Gasteiger partial charge in [0.1, 0.15) is 5.76 Å². The maximum Gasteiger partial charge on any atom is 0.115 e. The fourth-order valence-corrected chi connectivity index (χ4v) is 1.67. The Morgan fingerprint density at radius 3 is 2.83 bits per heavy atom. The molecule has 2 unspecified atom stereocenters. The summed E-state index contributed by atoms with van der Waals surface area (Å²) in [6.07, 6.45) is 15.7. The van der Waals surface area contributed by atoms with Crippen LogP contribution in [0, 0.1) is 5.92 Å². The van der Waals surface area contributed by atoms with E-state index in [1.165, 1.54) is 0 Å². The summed E-state index contributed by atoms with van der Waals surface area (Å²) in [5, 5.41) is 0. The molecular formula is C16H21NO. The number of ether oxygens (including phenoxy) is 1. The molecule has 0 saturated heterocycles. The van der Waals surface area contributed by atoms with Crippen molar-refractivity contribution in [1.82, 2.24) is 0 Å². The van der Waals surface area contributed by atoms with E-state index < -0.39 is 0 Å². The summed E-state index contributed by atoms with van der Waals surface area (Å²) in [6.45, 7) is 7.79. The Bertz CT molecular complexity index is 424. The number of nitrogens with zero attached hydrogens (tertiary/aromatic N) is 1. The second-order valence-electron chi connectivity index (χ2n) is 4.14. The highest BCUT2D eigenvalue weighted by molar-refractivity contribution is 5.82. The molecule has 0 spiro atoms. The second-order valence-corrected chi connectivity index (χ2v) is 4.14. The van der Waals surface area contributed by atoms with E-state index in [0.29, 0.717) is 5.92 Å². The third-order valence-electron chi connectivity index (χ3n) is 2.81. The van der Waals surface area contributed by atoms with Gasteiger partial charge in [0.25, 0.3) is 0 Å². The Kier molecular flexibility index (Phi) is 5.92. The van der Waals surface area contributed by atoms with Crippen LogP contribution in [-0.4, -0.2) is 19.4 Å². The van der Waals surface area contributed by atoms with Crippen molar-refractivity contribution >= 4 is 6.21 Å². The zero-order valence-corrected chi connectivity index (χ0v) is 11.3. The van der Waals surface area contributed by atoms with Crippen LogP contribution < -0.4 is 0 Å². The maximum atomic E-state index is 5.20. The summed E-state index contributed by atoms with van der Waals surface area (Å²) in [7, 11) is 1.69. The van der Waals surface area contributed by atoms with Crippen LogP contribution in [0.2, 0.25) is 0 Å². The molecule has 0 aliphatic heterocycles. The van der Waals surface area contributed by atoms with Gasteiger partial charge in [-0.25, -0.2) is 0 Å². The minimum absolute atomic E-state index is 0.177. The molecule has 0 bridgehead atoms. The molecule has 1 rings (SSSR count). The van der Waals surface area contributed by atoms with Crippen molar-refractivity contribution in [2.75, 3.05) is 7.11 Å². The number of hydrogen-bond acceptors (Lipinski definition) is 2. The minimum atomic E-state index is 0.177. The average molecular weight is 243 g/mol. The molecule has 0 aromatic heterocycles. The van der Waals surface area contributed by atoms with Crippen LogP contribution in [0.3, 0.4) is 0 Å². The van der Waals surface area contributed by atoms with Gasteiger partial charge in [-0.05, 0) is 24.6 Å². The molecule has 1 aliphatic rings. The first-order valence-corrected chi connectivity index (χ1v) is 6.14. The lowest BCUT2D eigenvalue weighted by atomic mass is 9.97. The van der Waals surface area contributed by atoms with Crippen LogP contribution in [0.25, 0.3) is 0 Å². The van der Waals surface area contributed by atoms with Crippen molar-refractivity contribution in [3.05, 3.63) is 60.4 Å². The fourth-order valence-electron chi connectivity index (χ4n) is 1.67. The van der Waals surface area contributed by atoms with Gasteiger partial charge in [-0.15, -0.1) is 0 Å². The molecule has 0 fully saturated rings. The molecule has 0 saturated carbocycles. The lowest BCUT2D eigenvalue weighted by molar-refractivity contribution is 0.299. The van der Waals surface area contributed by atoms with Gasteiger partial charge in [-0.3, -0.25) is 4.99 Å². The molecule has 0 N–H and O–H groups in total. The van der Waals surface area contributed by atoms with E-state index in [1.54, 1.807) is 13.2 Å². The number of aliphatic imine (C=N–C) groups is 1. The zero-order chi connectivity index (χ0) is 13.4. The van der Waals surface area contributed by atoms with Gasteiger partial charge in [0.2, 0.25) is 0 Å². The van der Waals surface area contributed by atoms with Crippen molar-refractivity contribution in [1.29, 1.82) is 0 Å². The maximum absolute atomic E-state index is 5.20. The Hall–Kier alpha value is -1.83. The highest BCUT2D eigenvalue weighted by Crippen LogP contribution is 2.19. The normalized spacial score (nSPS) is 24.6. The van der Waals surface area contributed by atoms with Gasteiger partial charge in [-0.1, -0.05) is 43.9 Å². The van der Waals surface area contributed by atoms with Gasteiger partial charge in [0, 0.05) is 12.1 Å². The van der Waals surface area contributed by atoms with Gasteiger partial charge >= 0.3 is 0 Å². The number of methoxy groups -OCH3 is 1. The summed E-state index contributed by atoms with van der Waals surface area (Å²) in [5.74, 6) is 1.26. The predicted octanol–water partition coefficient (Wildman–Crippen LogP) is 3.85. The highest BCUT2D eigenvalue weighted by Gasteiger charge is 2.15. The quantitative estimate of drug-likeness (QED) is 0.531. The molecule has 0 amide bonds. The standard InChI is InChI=1S/C16H21NO/c1-5-7-8-14(6-2)12-17-16-10-9-15(18-4)11-13(16)3/h5-13,16H,1H2,2-4H3/b8-7-,14-6+,17-12+. The SMILES string of the molecule is C=C\C=C/C(/C=N/C1C=CC(OC)=CC1C)=C\C. The summed E-state index contributed by atoms with van der Waals surface area (Å²) >= 11 is 0. The lowest BCUT2D eigenvalue weighted by Crippen LogP contribution is -2.15. The van der Waals surface area contributed by atoms with Gasteiger partial charge in [0.15, 0.2) is 0 Å². The van der Waals surface area contributed by atoms with Crippen LogP contribution in [0.5, 0.6) is 0 Å².